The normalized spacial score (nSPS) is 18.7. The standard InChI is InChI=1S/C24H24N2O6/c1-5-12-7-8-17(30-3)18-19(12)25-20-13(21(18)31-4)10-26-16(20)9-15-14(22(26)27)11-32-23(28)24(15,29)6-2/h7-9,29H,5-6,10-11H2,1-4H3/t24-/m0/s1. The number of ether oxygens (including phenoxy) is 3. The highest BCUT2D eigenvalue weighted by atomic mass is 16.6. The van der Waals surface area contributed by atoms with Gasteiger partial charge in [0.1, 0.15) is 18.1 Å². The molecule has 1 N–H and O–H groups in total. The van der Waals surface area contributed by atoms with Gasteiger partial charge in [0.15, 0.2) is 5.60 Å². The molecule has 0 bridgehead atoms. The van der Waals surface area contributed by atoms with Crippen LogP contribution in [0.15, 0.2) is 23.0 Å². The fourth-order valence-electron chi connectivity index (χ4n) is 4.85. The maximum absolute atomic E-state index is 13.4. The third-order valence-electron chi connectivity index (χ3n) is 6.64. The monoisotopic (exact) mass is 436 g/mol. The van der Waals surface area contributed by atoms with Crippen molar-refractivity contribution in [1.82, 2.24) is 9.55 Å². The van der Waals surface area contributed by atoms with E-state index >= 15 is 0 Å². The van der Waals surface area contributed by atoms with E-state index in [0.29, 0.717) is 34.0 Å². The van der Waals surface area contributed by atoms with Crippen LogP contribution in [0, 0.1) is 0 Å². The molecule has 166 valence electrons. The molecule has 8 heteroatoms. The number of aromatic nitrogens is 2. The number of hydrogen-bond donors (Lipinski definition) is 1. The summed E-state index contributed by atoms with van der Waals surface area (Å²) in [6.45, 7) is 3.83. The van der Waals surface area contributed by atoms with E-state index < -0.39 is 11.6 Å². The summed E-state index contributed by atoms with van der Waals surface area (Å²) < 4.78 is 18.2. The molecule has 5 rings (SSSR count). The minimum atomic E-state index is -1.86. The Bertz CT molecular complexity index is 1360. The molecular formula is C24H24N2O6. The lowest BCUT2D eigenvalue weighted by molar-refractivity contribution is -0.172. The van der Waals surface area contributed by atoms with E-state index in [4.69, 9.17) is 19.2 Å². The maximum atomic E-state index is 13.4. The van der Waals surface area contributed by atoms with E-state index in [9.17, 15) is 14.7 Å². The van der Waals surface area contributed by atoms with Crippen molar-refractivity contribution in [2.75, 3.05) is 14.2 Å². The molecule has 2 aliphatic heterocycles. The number of carbonyl (C=O) groups excluding carboxylic acids is 1. The second-order valence-corrected chi connectivity index (χ2v) is 8.08. The molecule has 8 nitrogen and oxygen atoms in total. The van der Waals surface area contributed by atoms with E-state index in [2.05, 4.69) is 0 Å². The zero-order valence-electron chi connectivity index (χ0n) is 18.4. The van der Waals surface area contributed by atoms with E-state index in [0.717, 1.165) is 28.5 Å². The lowest BCUT2D eigenvalue weighted by Gasteiger charge is -2.31. The lowest BCUT2D eigenvalue weighted by Crippen LogP contribution is -2.44. The molecular weight excluding hydrogens is 412 g/mol. The molecule has 0 spiro atoms. The van der Waals surface area contributed by atoms with Crippen LogP contribution in [-0.4, -0.2) is 34.8 Å². The third-order valence-corrected chi connectivity index (χ3v) is 6.64. The van der Waals surface area contributed by atoms with Gasteiger partial charge in [-0.15, -0.1) is 0 Å². The topological polar surface area (TPSA) is 99.9 Å². The predicted octanol–water partition coefficient (Wildman–Crippen LogP) is 2.66. The molecule has 3 aromatic rings. The summed E-state index contributed by atoms with van der Waals surface area (Å²) in [7, 11) is 3.19. The average Bonchev–Trinajstić information content (AvgIpc) is 3.18. The Hall–Kier alpha value is -3.39. The second-order valence-electron chi connectivity index (χ2n) is 8.08. The Balaban J connectivity index is 1.87. The van der Waals surface area contributed by atoms with Gasteiger partial charge in [0.25, 0.3) is 5.56 Å². The zero-order valence-corrected chi connectivity index (χ0v) is 18.4. The molecule has 4 heterocycles. The van der Waals surface area contributed by atoms with E-state index in [1.165, 1.54) is 0 Å². The van der Waals surface area contributed by atoms with Gasteiger partial charge in [-0.05, 0) is 30.5 Å². The highest BCUT2D eigenvalue weighted by Gasteiger charge is 2.45. The molecule has 1 atom stereocenters. The number of aliphatic hydroxyl groups is 1. The Morgan fingerprint density at radius 2 is 1.97 bits per heavy atom. The van der Waals surface area contributed by atoms with Crippen molar-refractivity contribution in [3.05, 3.63) is 50.8 Å². The average molecular weight is 436 g/mol. The van der Waals surface area contributed by atoms with Crippen LogP contribution in [0.25, 0.3) is 22.3 Å². The number of methoxy groups -OCH3 is 2. The number of rotatable bonds is 4. The molecule has 0 fully saturated rings. The summed E-state index contributed by atoms with van der Waals surface area (Å²) in [6, 6.07) is 5.58. The summed E-state index contributed by atoms with van der Waals surface area (Å²) in [5.41, 5.74) is 2.11. The van der Waals surface area contributed by atoms with Crippen LogP contribution in [-0.2, 0) is 34.7 Å². The number of aryl methyl sites for hydroxylation is 1. The van der Waals surface area contributed by atoms with Crippen molar-refractivity contribution < 1.29 is 24.1 Å². The molecule has 0 saturated heterocycles. The van der Waals surface area contributed by atoms with Gasteiger partial charge in [-0.25, -0.2) is 9.78 Å². The number of fused-ring (bicyclic) bond motifs is 5. The number of esters is 1. The fraction of sp³-hybridized carbons (Fsp3) is 0.375. The van der Waals surface area contributed by atoms with Crippen molar-refractivity contribution >= 4 is 16.9 Å². The molecule has 32 heavy (non-hydrogen) atoms. The molecule has 2 aliphatic rings. The Kier molecular flexibility index (Phi) is 4.53. The molecule has 0 unspecified atom stereocenters. The summed E-state index contributed by atoms with van der Waals surface area (Å²) in [5, 5.41) is 11.8. The molecule has 0 radical (unpaired) electrons. The van der Waals surface area contributed by atoms with Gasteiger partial charge in [-0.3, -0.25) is 4.79 Å². The lowest BCUT2D eigenvalue weighted by atomic mass is 9.86. The van der Waals surface area contributed by atoms with Crippen LogP contribution in [0.3, 0.4) is 0 Å². The largest absolute Gasteiger partial charge is 0.496 e. The molecule has 0 amide bonds. The first-order valence-corrected chi connectivity index (χ1v) is 10.6. The molecule has 0 aliphatic carbocycles. The van der Waals surface area contributed by atoms with E-state index in [1.54, 1.807) is 31.8 Å². The first kappa shape index (κ1) is 20.5. The molecule has 2 aromatic heterocycles. The Morgan fingerprint density at radius 3 is 2.62 bits per heavy atom. The number of carbonyl (C=O) groups is 1. The van der Waals surface area contributed by atoms with Gasteiger partial charge in [0.05, 0.1) is 48.6 Å². The first-order chi connectivity index (χ1) is 15.4. The predicted molar refractivity (Wildman–Crippen MR) is 117 cm³/mol. The minimum absolute atomic E-state index is 0.0975. The Labute approximate surface area is 184 Å². The van der Waals surface area contributed by atoms with Crippen LogP contribution < -0.4 is 15.0 Å². The van der Waals surface area contributed by atoms with Crippen molar-refractivity contribution in [3.63, 3.8) is 0 Å². The third kappa shape index (κ3) is 2.50. The van der Waals surface area contributed by atoms with Crippen molar-refractivity contribution in [2.45, 2.75) is 45.4 Å². The summed E-state index contributed by atoms with van der Waals surface area (Å²) in [5.74, 6) is 0.514. The van der Waals surface area contributed by atoms with E-state index in [-0.39, 0.29) is 25.1 Å². The van der Waals surface area contributed by atoms with E-state index in [1.807, 2.05) is 19.1 Å². The van der Waals surface area contributed by atoms with Crippen molar-refractivity contribution in [1.29, 1.82) is 0 Å². The van der Waals surface area contributed by atoms with Crippen LogP contribution in [0.1, 0.15) is 42.5 Å². The Morgan fingerprint density at radius 1 is 1.19 bits per heavy atom. The van der Waals surface area contributed by atoms with Crippen molar-refractivity contribution in [2.24, 2.45) is 0 Å². The minimum Gasteiger partial charge on any atom is -0.496 e. The van der Waals surface area contributed by atoms with Gasteiger partial charge in [-0.1, -0.05) is 19.9 Å². The highest BCUT2D eigenvalue weighted by Crippen LogP contribution is 2.45. The number of pyridine rings is 2. The highest BCUT2D eigenvalue weighted by molar-refractivity contribution is 5.97. The van der Waals surface area contributed by atoms with Gasteiger partial charge in [0, 0.05) is 11.1 Å². The van der Waals surface area contributed by atoms with Gasteiger partial charge >= 0.3 is 5.97 Å². The summed E-state index contributed by atoms with van der Waals surface area (Å²) in [4.78, 5) is 30.7. The van der Waals surface area contributed by atoms with Crippen LogP contribution >= 0.6 is 0 Å². The van der Waals surface area contributed by atoms with Crippen molar-refractivity contribution in [3.8, 4) is 22.9 Å². The van der Waals surface area contributed by atoms with Crippen LogP contribution in [0.2, 0.25) is 0 Å². The fourth-order valence-corrected chi connectivity index (χ4v) is 4.85. The number of hydrogen-bond acceptors (Lipinski definition) is 7. The zero-order chi connectivity index (χ0) is 22.8. The summed E-state index contributed by atoms with van der Waals surface area (Å²) in [6.07, 6.45) is 0.855. The van der Waals surface area contributed by atoms with Crippen LogP contribution in [0.4, 0.5) is 0 Å². The molecule has 0 saturated carbocycles. The van der Waals surface area contributed by atoms with Gasteiger partial charge < -0.3 is 23.9 Å². The molecule has 1 aromatic carbocycles. The van der Waals surface area contributed by atoms with Gasteiger partial charge in [0.2, 0.25) is 0 Å². The van der Waals surface area contributed by atoms with Crippen LogP contribution in [0.5, 0.6) is 11.5 Å². The smallest absolute Gasteiger partial charge is 0.343 e. The summed E-state index contributed by atoms with van der Waals surface area (Å²) >= 11 is 0. The SMILES string of the molecule is CCc1ccc(OC)c2c(OC)c3c(nc12)-c1cc2c(c(=O)n1C3)COC(=O)[C@]2(O)CC. The first-order valence-electron chi connectivity index (χ1n) is 10.6. The quantitative estimate of drug-likeness (QED) is 0.491. The number of nitrogens with zero attached hydrogens (tertiary/aromatic N) is 2. The number of benzene rings is 1. The number of cyclic esters (lactones) is 1. The second kappa shape index (κ2) is 7.06. The maximum Gasteiger partial charge on any atom is 0.343 e. The van der Waals surface area contributed by atoms with Gasteiger partial charge in [-0.2, -0.15) is 0 Å².